The fourth-order valence-electron chi connectivity index (χ4n) is 2.91. The topological polar surface area (TPSA) is 49.6 Å². The van der Waals surface area contributed by atoms with Gasteiger partial charge in [0.05, 0.1) is 9.75 Å². The van der Waals surface area contributed by atoms with Gasteiger partial charge in [0.1, 0.15) is 5.69 Å². The van der Waals surface area contributed by atoms with Gasteiger partial charge < -0.3 is 14.3 Å². The molecule has 3 rings (SSSR count). The molecule has 3 heterocycles. The Morgan fingerprint density at radius 1 is 1.40 bits per heavy atom. The van der Waals surface area contributed by atoms with Crippen molar-refractivity contribution >= 4 is 17.2 Å². The minimum absolute atomic E-state index is 0.0674. The van der Waals surface area contributed by atoms with Crippen molar-refractivity contribution in [3.8, 4) is 10.6 Å². The smallest absolute Gasteiger partial charge is 0.351 e. The number of thiophene rings is 1. The predicted octanol–water partition coefficient (Wildman–Crippen LogP) is 3.51. The molecule has 0 saturated carbocycles. The molecule has 0 spiro atoms. The number of alkyl halides is 3. The van der Waals surface area contributed by atoms with Crippen molar-refractivity contribution in [2.24, 2.45) is 0 Å². The molecule has 0 aromatic carbocycles. The van der Waals surface area contributed by atoms with Crippen molar-refractivity contribution in [3.63, 3.8) is 0 Å². The number of carbonyl (C=O) groups excluding carboxylic acids is 1. The summed E-state index contributed by atoms with van der Waals surface area (Å²) in [6.45, 7) is 2.65. The van der Waals surface area contributed by atoms with E-state index in [1.54, 1.807) is 17.0 Å². The van der Waals surface area contributed by atoms with Crippen LogP contribution in [0, 0.1) is 6.92 Å². The van der Waals surface area contributed by atoms with Gasteiger partial charge in [-0.15, -0.1) is 11.3 Å². The molecule has 5 nitrogen and oxygen atoms in total. The average Bonchev–Trinajstić information content (AvgIpc) is 3.24. The molecule has 1 fully saturated rings. The average molecular weight is 373 g/mol. The van der Waals surface area contributed by atoms with Gasteiger partial charge in [0, 0.05) is 24.7 Å². The molecule has 0 bridgehead atoms. The van der Waals surface area contributed by atoms with Crippen molar-refractivity contribution in [1.29, 1.82) is 0 Å². The highest BCUT2D eigenvalue weighted by atomic mass is 32.1. The molecule has 25 heavy (non-hydrogen) atoms. The Kier molecular flexibility index (Phi) is 4.63. The first-order chi connectivity index (χ1) is 11.7. The van der Waals surface area contributed by atoms with Crippen LogP contribution in [0.3, 0.4) is 0 Å². The summed E-state index contributed by atoms with van der Waals surface area (Å²) < 4.78 is 42.9. The third kappa shape index (κ3) is 3.43. The van der Waals surface area contributed by atoms with Gasteiger partial charge in [0.25, 0.3) is 5.91 Å². The van der Waals surface area contributed by atoms with E-state index in [2.05, 4.69) is 14.6 Å². The quantitative estimate of drug-likeness (QED) is 0.826. The summed E-state index contributed by atoms with van der Waals surface area (Å²) in [5.74, 6) is -1.20. The number of hydrogen-bond acceptors (Lipinski definition) is 5. The third-order valence-corrected chi connectivity index (χ3v) is 5.49. The Morgan fingerprint density at radius 2 is 2.12 bits per heavy atom. The van der Waals surface area contributed by atoms with Gasteiger partial charge >= 0.3 is 6.18 Å². The van der Waals surface area contributed by atoms with Crippen LogP contribution in [-0.4, -0.2) is 54.1 Å². The third-order valence-electron chi connectivity index (χ3n) is 4.41. The van der Waals surface area contributed by atoms with Crippen molar-refractivity contribution in [2.45, 2.75) is 25.6 Å². The number of amides is 1. The normalized spacial score (nSPS) is 18.4. The minimum atomic E-state index is -4.58. The van der Waals surface area contributed by atoms with Gasteiger partial charge in [-0.2, -0.15) is 13.2 Å². The molecule has 0 aliphatic carbocycles. The summed E-state index contributed by atoms with van der Waals surface area (Å²) in [7, 11) is 3.96. The first kappa shape index (κ1) is 17.9. The van der Waals surface area contributed by atoms with E-state index < -0.39 is 11.9 Å². The van der Waals surface area contributed by atoms with E-state index in [4.69, 9.17) is 0 Å². The standard InChI is InChI=1S/C16H18F3N3O2S/c1-9-13(20-24-14(9)16(17,18)19)11-4-5-12(25-11)15(23)22-7-6-10(8-22)21(2)3/h4-5,10H,6-8H2,1-3H3. The Balaban J connectivity index is 1.79. The second-order valence-electron chi connectivity index (χ2n) is 6.30. The van der Waals surface area contributed by atoms with E-state index >= 15 is 0 Å². The predicted molar refractivity (Wildman–Crippen MR) is 87.6 cm³/mol. The molecule has 1 unspecified atom stereocenters. The van der Waals surface area contributed by atoms with Crippen molar-refractivity contribution in [1.82, 2.24) is 15.0 Å². The monoisotopic (exact) mass is 373 g/mol. The number of nitrogens with zero attached hydrogens (tertiary/aromatic N) is 3. The zero-order valence-electron chi connectivity index (χ0n) is 14.1. The molecular formula is C16H18F3N3O2S. The molecule has 0 radical (unpaired) electrons. The summed E-state index contributed by atoms with van der Waals surface area (Å²) in [4.78, 5) is 17.4. The fourth-order valence-corrected chi connectivity index (χ4v) is 3.93. The molecule has 1 aliphatic rings. The van der Waals surface area contributed by atoms with Crippen LogP contribution < -0.4 is 0 Å². The van der Waals surface area contributed by atoms with Gasteiger partial charge in [0.15, 0.2) is 0 Å². The maximum atomic E-state index is 12.8. The van der Waals surface area contributed by atoms with Crippen LogP contribution in [-0.2, 0) is 6.18 Å². The van der Waals surface area contributed by atoms with Crippen molar-refractivity contribution < 1.29 is 22.5 Å². The zero-order chi connectivity index (χ0) is 18.4. The molecule has 9 heteroatoms. The first-order valence-corrected chi connectivity index (χ1v) is 8.59. The van der Waals surface area contributed by atoms with Crippen LogP contribution in [0.15, 0.2) is 16.7 Å². The van der Waals surface area contributed by atoms with Crippen molar-refractivity contribution in [2.75, 3.05) is 27.2 Å². The van der Waals surface area contributed by atoms with Crippen LogP contribution in [0.25, 0.3) is 10.6 Å². The Bertz CT molecular complexity index is 782. The highest BCUT2D eigenvalue weighted by Crippen LogP contribution is 2.38. The van der Waals surface area contributed by atoms with E-state index in [0.29, 0.717) is 28.9 Å². The maximum absolute atomic E-state index is 12.8. The number of rotatable bonds is 3. The molecule has 1 amide bonds. The maximum Gasteiger partial charge on any atom is 0.452 e. The van der Waals surface area contributed by atoms with Crippen LogP contribution in [0.5, 0.6) is 0 Å². The molecule has 2 aromatic heterocycles. The summed E-state index contributed by atoms with van der Waals surface area (Å²) in [5.41, 5.74) is 0.0613. The molecule has 136 valence electrons. The lowest BCUT2D eigenvalue weighted by molar-refractivity contribution is -0.156. The Hall–Kier alpha value is -1.87. The molecule has 1 atom stereocenters. The van der Waals surface area contributed by atoms with Gasteiger partial charge in [-0.05, 0) is 39.6 Å². The highest BCUT2D eigenvalue weighted by Gasteiger charge is 2.39. The second kappa shape index (κ2) is 6.45. The summed E-state index contributed by atoms with van der Waals surface area (Å²) in [6.07, 6.45) is -3.67. The van der Waals surface area contributed by atoms with Crippen LogP contribution in [0.1, 0.15) is 27.4 Å². The van der Waals surface area contributed by atoms with Crippen LogP contribution in [0.4, 0.5) is 13.2 Å². The lowest BCUT2D eigenvalue weighted by Crippen LogP contribution is -2.34. The van der Waals surface area contributed by atoms with Gasteiger partial charge in [-0.25, -0.2) is 0 Å². The first-order valence-electron chi connectivity index (χ1n) is 7.78. The largest absolute Gasteiger partial charge is 0.452 e. The number of carbonyl (C=O) groups is 1. The van der Waals surface area contributed by atoms with Gasteiger partial charge in [0.2, 0.25) is 5.76 Å². The van der Waals surface area contributed by atoms with Crippen molar-refractivity contribution in [3.05, 3.63) is 28.3 Å². The van der Waals surface area contributed by atoms with E-state index in [1.807, 2.05) is 14.1 Å². The highest BCUT2D eigenvalue weighted by molar-refractivity contribution is 7.17. The minimum Gasteiger partial charge on any atom is -0.351 e. The SMILES string of the molecule is Cc1c(-c2ccc(C(=O)N3CCC(N(C)C)C3)s2)noc1C(F)(F)F. The lowest BCUT2D eigenvalue weighted by atomic mass is 10.2. The molecule has 1 aliphatic heterocycles. The number of likely N-dealkylation sites (tertiary alicyclic amines) is 1. The number of halogens is 3. The van der Waals surface area contributed by atoms with E-state index in [-0.39, 0.29) is 17.2 Å². The lowest BCUT2D eigenvalue weighted by Gasteiger charge is -2.19. The fraction of sp³-hybridized carbons (Fsp3) is 0.500. The van der Waals surface area contributed by atoms with Gasteiger partial charge in [-0.3, -0.25) is 4.79 Å². The van der Waals surface area contributed by atoms with Crippen LogP contribution >= 0.6 is 11.3 Å². The summed E-state index contributed by atoms with van der Waals surface area (Å²) >= 11 is 1.13. The van der Waals surface area contributed by atoms with E-state index in [1.165, 1.54) is 6.92 Å². The van der Waals surface area contributed by atoms with Crippen LogP contribution in [0.2, 0.25) is 0 Å². The summed E-state index contributed by atoms with van der Waals surface area (Å²) in [6, 6.07) is 3.57. The molecular weight excluding hydrogens is 355 g/mol. The van der Waals surface area contributed by atoms with E-state index in [0.717, 1.165) is 17.8 Å². The molecule has 1 saturated heterocycles. The Morgan fingerprint density at radius 3 is 2.68 bits per heavy atom. The number of hydrogen-bond donors (Lipinski definition) is 0. The Labute approximate surface area is 147 Å². The zero-order valence-corrected chi connectivity index (χ0v) is 14.9. The number of likely N-dealkylation sites (N-methyl/N-ethyl adjacent to an activating group) is 1. The summed E-state index contributed by atoms with van der Waals surface area (Å²) in [5, 5.41) is 3.54. The van der Waals surface area contributed by atoms with Gasteiger partial charge in [-0.1, -0.05) is 5.16 Å². The van der Waals surface area contributed by atoms with E-state index in [9.17, 15) is 18.0 Å². The molecule has 0 N–H and O–H groups in total. The number of aromatic nitrogens is 1. The second-order valence-corrected chi connectivity index (χ2v) is 7.39. The molecule has 2 aromatic rings.